The molecule has 1 fully saturated rings. The van der Waals surface area contributed by atoms with E-state index in [2.05, 4.69) is 39.0 Å². The van der Waals surface area contributed by atoms with Crippen molar-refractivity contribution in [3.63, 3.8) is 0 Å². The summed E-state index contributed by atoms with van der Waals surface area (Å²) in [6.45, 7) is 7.37. The van der Waals surface area contributed by atoms with Gasteiger partial charge in [0.1, 0.15) is 16.1 Å². The molecule has 0 aliphatic carbocycles. The van der Waals surface area contributed by atoms with E-state index in [4.69, 9.17) is 4.74 Å². The van der Waals surface area contributed by atoms with Gasteiger partial charge in [0.15, 0.2) is 10.8 Å². The highest BCUT2D eigenvalue weighted by Crippen LogP contribution is 2.34. The molecule has 152 valence electrons. The van der Waals surface area contributed by atoms with Crippen LogP contribution in [0.4, 0.5) is 10.8 Å². The number of hydrogen-bond donors (Lipinski definition) is 1. The number of fused-ring (bicyclic) bond motifs is 1. The minimum atomic E-state index is -0.0584. The lowest BCUT2D eigenvalue weighted by atomic mass is 10.0. The van der Waals surface area contributed by atoms with Gasteiger partial charge in [0.05, 0.1) is 19.0 Å². The third-order valence-electron chi connectivity index (χ3n) is 4.63. The number of nitrogens with zero attached hydrogens (tertiary/aromatic N) is 4. The van der Waals surface area contributed by atoms with Crippen LogP contribution in [0, 0.1) is 0 Å². The van der Waals surface area contributed by atoms with Crippen LogP contribution in [0.5, 0.6) is 0 Å². The average molecular weight is 430 g/mol. The molecule has 7 nitrogen and oxygen atoms in total. The molecule has 1 N–H and O–H groups in total. The highest BCUT2D eigenvalue weighted by atomic mass is 32.2. The Kier molecular flexibility index (Phi) is 6.27. The Morgan fingerprint density at radius 3 is 2.72 bits per heavy atom. The Morgan fingerprint density at radius 1 is 1.24 bits per heavy atom. The van der Waals surface area contributed by atoms with E-state index in [9.17, 15) is 4.79 Å². The van der Waals surface area contributed by atoms with Gasteiger partial charge in [-0.05, 0) is 23.6 Å². The predicted octanol–water partition coefficient (Wildman–Crippen LogP) is 3.78. The summed E-state index contributed by atoms with van der Waals surface area (Å²) in [6, 6.07) is 7.98. The molecule has 1 amide bonds. The maximum atomic E-state index is 12.4. The van der Waals surface area contributed by atoms with Crippen LogP contribution < -0.4 is 10.2 Å². The molecule has 0 saturated carbocycles. The summed E-state index contributed by atoms with van der Waals surface area (Å²) in [6.07, 6.45) is 1.51. The molecule has 0 spiro atoms. The van der Waals surface area contributed by atoms with Gasteiger partial charge in [0.2, 0.25) is 5.91 Å². The number of rotatable bonds is 6. The second kappa shape index (κ2) is 9.06. The number of anilines is 2. The van der Waals surface area contributed by atoms with Gasteiger partial charge >= 0.3 is 0 Å². The van der Waals surface area contributed by atoms with Crippen LogP contribution in [0.1, 0.15) is 25.3 Å². The molecule has 9 heteroatoms. The van der Waals surface area contributed by atoms with Crippen LogP contribution in [-0.4, -0.2) is 52.9 Å². The minimum Gasteiger partial charge on any atom is -0.378 e. The first-order valence-electron chi connectivity index (χ1n) is 9.57. The normalized spacial score (nSPS) is 14.5. The van der Waals surface area contributed by atoms with Crippen molar-refractivity contribution < 1.29 is 9.53 Å². The van der Waals surface area contributed by atoms with E-state index in [1.54, 1.807) is 11.3 Å². The average Bonchev–Trinajstić information content (AvgIpc) is 3.18. The lowest BCUT2D eigenvalue weighted by Gasteiger charge is -2.25. The van der Waals surface area contributed by atoms with Crippen LogP contribution >= 0.6 is 23.1 Å². The van der Waals surface area contributed by atoms with Gasteiger partial charge in [0.25, 0.3) is 0 Å². The van der Waals surface area contributed by atoms with Crippen LogP contribution in [0.2, 0.25) is 0 Å². The molecule has 3 heterocycles. The zero-order valence-electron chi connectivity index (χ0n) is 16.4. The molecule has 29 heavy (non-hydrogen) atoms. The Hall–Kier alpha value is -2.23. The maximum Gasteiger partial charge on any atom is 0.234 e. The van der Waals surface area contributed by atoms with E-state index in [0.29, 0.717) is 24.8 Å². The second-order valence-electron chi connectivity index (χ2n) is 7.04. The third-order valence-corrected chi connectivity index (χ3v) is 6.86. The Labute approximate surface area is 177 Å². The van der Waals surface area contributed by atoms with Crippen LogP contribution in [0.3, 0.4) is 0 Å². The van der Waals surface area contributed by atoms with E-state index < -0.39 is 0 Å². The van der Waals surface area contributed by atoms with Crippen molar-refractivity contribution in [3.05, 3.63) is 36.2 Å². The number of morpholine rings is 1. The fourth-order valence-corrected chi connectivity index (χ4v) is 4.94. The fraction of sp³-hybridized carbons (Fsp3) is 0.400. The van der Waals surface area contributed by atoms with E-state index in [0.717, 1.165) is 33.6 Å². The van der Waals surface area contributed by atoms with E-state index in [1.807, 2.05) is 24.3 Å². The summed E-state index contributed by atoms with van der Waals surface area (Å²) in [5.41, 5.74) is 2.74. The number of thiazole rings is 1. The molecule has 1 aliphatic rings. The quantitative estimate of drug-likeness (QED) is 0.472. The number of nitrogens with one attached hydrogen (secondary N) is 1. The summed E-state index contributed by atoms with van der Waals surface area (Å²) in [4.78, 5) is 27.9. The number of carbonyl (C=O) groups is 1. The zero-order chi connectivity index (χ0) is 20.2. The van der Waals surface area contributed by atoms with Crippen molar-refractivity contribution in [2.75, 3.05) is 42.3 Å². The number of amides is 1. The van der Waals surface area contributed by atoms with Gasteiger partial charge in [-0.25, -0.2) is 9.97 Å². The monoisotopic (exact) mass is 429 g/mol. The molecule has 1 saturated heterocycles. The number of carbonyl (C=O) groups excluding carboxylic acids is 1. The van der Waals surface area contributed by atoms with Gasteiger partial charge in [-0.1, -0.05) is 49.1 Å². The number of benzene rings is 1. The fourth-order valence-electron chi connectivity index (χ4n) is 3.00. The topological polar surface area (TPSA) is 80.2 Å². The van der Waals surface area contributed by atoms with E-state index >= 15 is 0 Å². The van der Waals surface area contributed by atoms with Gasteiger partial charge in [-0.15, -0.1) is 0 Å². The minimum absolute atomic E-state index is 0.0584. The Balaban J connectivity index is 1.41. The van der Waals surface area contributed by atoms with Crippen molar-refractivity contribution >= 4 is 50.2 Å². The van der Waals surface area contributed by atoms with Crippen LogP contribution in [0.15, 0.2) is 35.6 Å². The largest absolute Gasteiger partial charge is 0.378 e. The van der Waals surface area contributed by atoms with Crippen LogP contribution in [0.25, 0.3) is 10.3 Å². The molecule has 0 atom stereocenters. The highest BCUT2D eigenvalue weighted by Gasteiger charge is 2.18. The van der Waals surface area contributed by atoms with Gasteiger partial charge in [0, 0.05) is 18.8 Å². The molecule has 0 bridgehead atoms. The summed E-state index contributed by atoms with van der Waals surface area (Å²) in [5, 5.41) is 4.67. The highest BCUT2D eigenvalue weighted by molar-refractivity contribution is 8.00. The molecule has 4 rings (SSSR count). The SMILES string of the molecule is CC(C)c1ccc(NC(=O)CSc2ncnc3nc(N4CCOCC4)sc23)cc1. The lowest BCUT2D eigenvalue weighted by molar-refractivity contribution is -0.113. The lowest BCUT2D eigenvalue weighted by Crippen LogP contribution is -2.36. The third kappa shape index (κ3) is 4.85. The molecule has 2 aromatic heterocycles. The van der Waals surface area contributed by atoms with Crippen molar-refractivity contribution in [2.24, 2.45) is 0 Å². The molecule has 0 unspecified atom stereocenters. The zero-order valence-corrected chi connectivity index (χ0v) is 18.1. The molecular weight excluding hydrogens is 406 g/mol. The summed E-state index contributed by atoms with van der Waals surface area (Å²) in [7, 11) is 0. The van der Waals surface area contributed by atoms with Gasteiger partial charge in [-0.2, -0.15) is 4.98 Å². The number of hydrogen-bond acceptors (Lipinski definition) is 8. The van der Waals surface area contributed by atoms with Crippen molar-refractivity contribution in [2.45, 2.75) is 24.8 Å². The second-order valence-corrected chi connectivity index (χ2v) is 8.98. The first-order chi connectivity index (χ1) is 14.1. The van der Waals surface area contributed by atoms with Crippen molar-refractivity contribution in [3.8, 4) is 0 Å². The van der Waals surface area contributed by atoms with E-state index in [1.165, 1.54) is 23.7 Å². The smallest absolute Gasteiger partial charge is 0.234 e. The summed E-state index contributed by atoms with van der Waals surface area (Å²) < 4.78 is 6.33. The molecule has 3 aromatic rings. The summed E-state index contributed by atoms with van der Waals surface area (Å²) in [5.74, 6) is 0.692. The predicted molar refractivity (Wildman–Crippen MR) is 118 cm³/mol. The van der Waals surface area contributed by atoms with E-state index in [-0.39, 0.29) is 11.7 Å². The Morgan fingerprint density at radius 2 is 2.00 bits per heavy atom. The molecular formula is C20H23N5O2S2. The molecule has 1 aliphatic heterocycles. The number of ether oxygens (including phenoxy) is 1. The van der Waals surface area contributed by atoms with Gasteiger partial charge < -0.3 is 15.0 Å². The van der Waals surface area contributed by atoms with Crippen molar-refractivity contribution in [1.82, 2.24) is 15.0 Å². The number of thioether (sulfide) groups is 1. The molecule has 1 aromatic carbocycles. The van der Waals surface area contributed by atoms with Crippen molar-refractivity contribution in [1.29, 1.82) is 0 Å². The first-order valence-corrected chi connectivity index (χ1v) is 11.4. The first kappa shape index (κ1) is 20.1. The standard InChI is InChI=1S/C20H23N5O2S2/c1-13(2)14-3-5-15(6-4-14)23-16(26)11-28-19-17-18(21-12-22-19)24-20(29-17)25-7-9-27-10-8-25/h3-6,12-13H,7-11H2,1-2H3,(H,23,26). The summed E-state index contributed by atoms with van der Waals surface area (Å²) >= 11 is 2.98. The Bertz CT molecular complexity index is 984. The molecule has 0 radical (unpaired) electrons. The van der Waals surface area contributed by atoms with Crippen LogP contribution in [-0.2, 0) is 9.53 Å². The van der Waals surface area contributed by atoms with Gasteiger partial charge in [-0.3, -0.25) is 4.79 Å². The number of aromatic nitrogens is 3. The maximum absolute atomic E-state index is 12.4.